The van der Waals surface area contributed by atoms with E-state index in [0.29, 0.717) is 0 Å². The molecule has 1 aromatic heterocycles. The van der Waals surface area contributed by atoms with Gasteiger partial charge in [0.2, 0.25) is 8.30 Å². The van der Waals surface area contributed by atoms with Gasteiger partial charge in [0.25, 0.3) is 0 Å². The Kier molecular flexibility index (Phi) is 1.54. The van der Waals surface area contributed by atoms with Crippen LogP contribution in [-0.2, 0) is 0 Å². The van der Waals surface area contributed by atoms with Gasteiger partial charge >= 0.3 is 0 Å². The van der Waals surface area contributed by atoms with Gasteiger partial charge in [-0.2, -0.15) is 0 Å². The number of hydrogen-bond acceptors (Lipinski definition) is 4. The molecule has 72 valence electrons. The van der Waals surface area contributed by atoms with Gasteiger partial charge in [0.15, 0.2) is 0 Å². The van der Waals surface area contributed by atoms with Gasteiger partial charge in [-0.05, 0) is 31.4 Å². The molecule has 0 saturated carbocycles. The fourth-order valence-corrected chi connectivity index (χ4v) is 3.02. The normalized spacial score (nSPS) is 19.2. The third-order valence-electron chi connectivity index (χ3n) is 2.15. The molecule has 5 nitrogen and oxygen atoms in total. The molecule has 1 aliphatic rings. The van der Waals surface area contributed by atoms with Crippen molar-refractivity contribution in [3.63, 3.8) is 0 Å². The molecule has 0 saturated heterocycles. The van der Waals surface area contributed by atoms with Crippen molar-refractivity contribution in [2.75, 3.05) is 14.1 Å². The Morgan fingerprint density at radius 1 is 1.43 bits per heavy atom. The first-order valence-electron chi connectivity index (χ1n) is 4.27. The lowest BCUT2D eigenvalue weighted by atomic mass is 10.3. The monoisotopic (exact) mass is 208 g/mol. The van der Waals surface area contributed by atoms with E-state index >= 15 is 0 Å². The third kappa shape index (κ3) is 0.910. The standard InChI is InChI=1S/C8H9N4OP/c1-11(2)14-7-5-3-4-6-8(7)9-10-12(6)13-14/h3-5H,1-2H3. The lowest BCUT2D eigenvalue weighted by molar-refractivity contribution is 0.253. The van der Waals surface area contributed by atoms with Crippen LogP contribution in [0.15, 0.2) is 18.2 Å². The van der Waals surface area contributed by atoms with Crippen LogP contribution in [0.2, 0.25) is 0 Å². The molecule has 0 fully saturated rings. The molecule has 1 aromatic carbocycles. The Labute approximate surface area is 82.1 Å². The van der Waals surface area contributed by atoms with Crippen LogP contribution in [0.4, 0.5) is 0 Å². The number of benzene rings is 1. The molecule has 6 heteroatoms. The minimum Gasteiger partial charge on any atom is -0.354 e. The highest BCUT2D eigenvalue weighted by molar-refractivity contribution is 7.59. The number of rotatable bonds is 1. The number of hydrogen-bond donors (Lipinski definition) is 0. The molecular formula is C8H9N4OP. The second kappa shape index (κ2) is 2.65. The first-order valence-corrected chi connectivity index (χ1v) is 5.49. The van der Waals surface area contributed by atoms with Crippen LogP contribution in [-0.4, -0.2) is 33.9 Å². The summed E-state index contributed by atoms with van der Waals surface area (Å²) in [5.41, 5.74) is 1.90. The predicted octanol–water partition coefficient (Wildman–Crippen LogP) is 0.372. The zero-order chi connectivity index (χ0) is 9.71. The Bertz CT molecular complexity index is 495. The van der Waals surface area contributed by atoms with Crippen LogP contribution in [0, 0.1) is 0 Å². The maximum Gasteiger partial charge on any atom is 0.231 e. The van der Waals surface area contributed by atoms with E-state index in [-0.39, 0.29) is 0 Å². The topological polar surface area (TPSA) is 43.2 Å². The largest absolute Gasteiger partial charge is 0.354 e. The van der Waals surface area contributed by atoms with Crippen molar-refractivity contribution in [3.8, 4) is 0 Å². The highest BCUT2D eigenvalue weighted by Crippen LogP contribution is 2.39. The van der Waals surface area contributed by atoms with Crippen molar-refractivity contribution in [3.05, 3.63) is 18.2 Å². The molecule has 2 heterocycles. The van der Waals surface area contributed by atoms with E-state index in [4.69, 9.17) is 4.62 Å². The van der Waals surface area contributed by atoms with E-state index in [1.807, 2.05) is 32.3 Å². The predicted molar refractivity (Wildman–Crippen MR) is 54.3 cm³/mol. The summed E-state index contributed by atoms with van der Waals surface area (Å²) in [7, 11) is 3.23. The summed E-state index contributed by atoms with van der Waals surface area (Å²) in [6, 6.07) is 6.02. The van der Waals surface area contributed by atoms with Crippen LogP contribution in [0.5, 0.6) is 0 Å². The molecule has 14 heavy (non-hydrogen) atoms. The van der Waals surface area contributed by atoms with Crippen molar-refractivity contribution in [1.82, 2.24) is 19.8 Å². The fraction of sp³-hybridized carbons (Fsp3) is 0.250. The maximum atomic E-state index is 5.69. The number of nitrogens with zero attached hydrogens (tertiary/aromatic N) is 4. The minimum atomic E-state index is -0.762. The lowest BCUT2D eigenvalue weighted by Gasteiger charge is -2.25. The second-order valence-electron chi connectivity index (χ2n) is 3.31. The van der Waals surface area contributed by atoms with Crippen molar-refractivity contribution in [2.45, 2.75) is 0 Å². The van der Waals surface area contributed by atoms with Gasteiger partial charge in [-0.3, -0.25) is 4.67 Å². The molecule has 0 N–H and O–H groups in total. The van der Waals surface area contributed by atoms with Crippen molar-refractivity contribution in [2.24, 2.45) is 0 Å². The van der Waals surface area contributed by atoms with Crippen LogP contribution in [0.3, 0.4) is 0 Å². The molecule has 2 aromatic rings. The maximum absolute atomic E-state index is 5.69. The summed E-state index contributed by atoms with van der Waals surface area (Å²) < 4.78 is 7.75. The van der Waals surface area contributed by atoms with Gasteiger partial charge in [0.1, 0.15) is 11.0 Å². The quantitative estimate of drug-likeness (QED) is 0.635. The zero-order valence-corrected chi connectivity index (χ0v) is 8.77. The minimum absolute atomic E-state index is 0.762. The average molecular weight is 208 g/mol. The third-order valence-corrected chi connectivity index (χ3v) is 3.96. The van der Waals surface area contributed by atoms with Crippen molar-refractivity contribution in [1.29, 1.82) is 0 Å². The van der Waals surface area contributed by atoms with E-state index in [9.17, 15) is 0 Å². The molecule has 0 spiro atoms. The highest BCUT2D eigenvalue weighted by Gasteiger charge is 2.28. The molecule has 4 bridgehead atoms. The summed E-state index contributed by atoms with van der Waals surface area (Å²) in [6.45, 7) is 0. The molecule has 3 rings (SSSR count). The van der Waals surface area contributed by atoms with Gasteiger partial charge in [0, 0.05) is 0 Å². The molecule has 1 unspecified atom stereocenters. The van der Waals surface area contributed by atoms with E-state index in [0.717, 1.165) is 16.3 Å². The highest BCUT2D eigenvalue weighted by atomic mass is 31.2. The van der Waals surface area contributed by atoms with Crippen LogP contribution in [0.1, 0.15) is 0 Å². The summed E-state index contributed by atoms with van der Waals surface area (Å²) >= 11 is 0. The first kappa shape index (κ1) is 8.15. The molecule has 0 amide bonds. The SMILES string of the molecule is CN(C)P1On2nnc3c1cccc32. The van der Waals surface area contributed by atoms with Crippen molar-refractivity contribution < 1.29 is 4.62 Å². The van der Waals surface area contributed by atoms with E-state index in [2.05, 4.69) is 15.0 Å². The Balaban J connectivity index is 2.31. The average Bonchev–Trinajstić information content (AvgIpc) is 2.43. The summed E-state index contributed by atoms with van der Waals surface area (Å²) in [4.78, 5) is 1.51. The van der Waals surface area contributed by atoms with Gasteiger partial charge in [0.05, 0.1) is 5.30 Å². The second-order valence-corrected chi connectivity index (χ2v) is 5.30. The molecule has 0 radical (unpaired) electrons. The van der Waals surface area contributed by atoms with Gasteiger partial charge in [-0.15, -0.1) is 5.10 Å². The Morgan fingerprint density at radius 2 is 2.29 bits per heavy atom. The summed E-state index contributed by atoms with van der Waals surface area (Å²) in [5, 5.41) is 9.16. The van der Waals surface area contributed by atoms with E-state index in [1.165, 1.54) is 4.85 Å². The van der Waals surface area contributed by atoms with Gasteiger partial charge in [-0.25, -0.2) is 0 Å². The summed E-state index contributed by atoms with van der Waals surface area (Å²) in [6.07, 6.45) is 0. The first-order chi connectivity index (χ1) is 6.77. The van der Waals surface area contributed by atoms with E-state index < -0.39 is 8.30 Å². The van der Waals surface area contributed by atoms with Crippen LogP contribution < -0.4 is 9.93 Å². The smallest absolute Gasteiger partial charge is 0.231 e. The molecule has 0 aliphatic carbocycles. The molecule has 1 atom stereocenters. The number of aromatic nitrogens is 3. The Morgan fingerprint density at radius 3 is 3.07 bits per heavy atom. The Hall–Kier alpha value is -1.19. The summed E-state index contributed by atoms with van der Waals surface area (Å²) in [5.74, 6) is 0. The van der Waals surface area contributed by atoms with Crippen LogP contribution >= 0.6 is 8.30 Å². The molecular weight excluding hydrogens is 199 g/mol. The van der Waals surface area contributed by atoms with Gasteiger partial charge < -0.3 is 4.62 Å². The van der Waals surface area contributed by atoms with Crippen molar-refractivity contribution >= 4 is 24.6 Å². The fourth-order valence-electron chi connectivity index (χ4n) is 1.53. The molecule has 1 aliphatic heterocycles. The van der Waals surface area contributed by atoms with E-state index in [1.54, 1.807) is 0 Å². The van der Waals surface area contributed by atoms with Gasteiger partial charge in [-0.1, -0.05) is 10.9 Å². The van der Waals surface area contributed by atoms with Crippen LogP contribution in [0.25, 0.3) is 11.0 Å². The zero-order valence-electron chi connectivity index (χ0n) is 7.88. The lowest BCUT2D eigenvalue weighted by Crippen LogP contribution is -2.26.